The zero-order valence-electron chi connectivity index (χ0n) is 9.19. The molecule has 0 bridgehead atoms. The Bertz CT molecular complexity index is 546. The van der Waals surface area contributed by atoms with Crippen molar-refractivity contribution in [2.24, 2.45) is 0 Å². The maximum absolute atomic E-state index is 11.6. The van der Waals surface area contributed by atoms with Crippen LogP contribution in [0.1, 0.15) is 22.2 Å². The number of rotatable bonds is 2. The minimum atomic E-state index is -0.272. The number of hydrogen-bond acceptors (Lipinski definition) is 5. The van der Waals surface area contributed by atoms with Crippen LogP contribution in [0.25, 0.3) is 10.1 Å². The molecule has 17 heavy (non-hydrogen) atoms. The number of thiophene rings is 1. The van der Waals surface area contributed by atoms with Crippen LogP contribution in [-0.2, 0) is 16.2 Å². The Hall–Kier alpha value is -1.59. The lowest BCUT2D eigenvalue weighted by Gasteiger charge is -1.95. The van der Waals surface area contributed by atoms with E-state index in [1.807, 2.05) is 18.2 Å². The Morgan fingerprint density at radius 2 is 2.35 bits per heavy atom. The van der Waals surface area contributed by atoms with Crippen LogP contribution < -0.4 is 4.89 Å². The lowest BCUT2D eigenvalue weighted by molar-refractivity contribution is -0.194. The van der Waals surface area contributed by atoms with Gasteiger partial charge in [0.05, 0.1) is 6.61 Å². The van der Waals surface area contributed by atoms with Gasteiger partial charge in [0.25, 0.3) is 0 Å². The van der Waals surface area contributed by atoms with Gasteiger partial charge in [-0.25, -0.2) is 4.79 Å². The minimum Gasteiger partial charge on any atom is -0.462 e. The number of benzene rings is 1. The van der Waals surface area contributed by atoms with Crippen molar-refractivity contribution in [3.8, 4) is 5.75 Å². The van der Waals surface area contributed by atoms with Crippen LogP contribution in [0, 0.1) is 0 Å². The number of ether oxygens (including phenoxy) is 1. The van der Waals surface area contributed by atoms with E-state index in [4.69, 9.17) is 14.5 Å². The first-order valence-electron chi connectivity index (χ1n) is 5.31. The van der Waals surface area contributed by atoms with E-state index >= 15 is 0 Å². The van der Waals surface area contributed by atoms with Gasteiger partial charge in [0, 0.05) is 10.3 Å². The Morgan fingerprint density at radius 1 is 1.47 bits per heavy atom. The average molecular weight is 250 g/mol. The van der Waals surface area contributed by atoms with Crippen molar-refractivity contribution < 1.29 is 19.3 Å². The number of fused-ring (bicyclic) bond motifs is 2. The highest BCUT2D eigenvalue weighted by Gasteiger charge is 2.18. The molecule has 1 aromatic carbocycles. The predicted octanol–water partition coefficient (Wildman–Crippen LogP) is 2.90. The molecular formula is C12H10O4S. The fourth-order valence-corrected chi connectivity index (χ4v) is 2.76. The molecule has 2 aromatic rings. The molecule has 0 unspecified atom stereocenters. The quantitative estimate of drug-likeness (QED) is 0.607. The van der Waals surface area contributed by atoms with Crippen LogP contribution in [0.5, 0.6) is 5.75 Å². The van der Waals surface area contributed by atoms with Gasteiger partial charge in [-0.05, 0) is 30.5 Å². The summed E-state index contributed by atoms with van der Waals surface area (Å²) in [6, 6.07) is 5.70. The highest BCUT2D eigenvalue weighted by atomic mass is 32.1. The van der Waals surface area contributed by atoms with Gasteiger partial charge in [-0.2, -0.15) is 4.89 Å². The summed E-state index contributed by atoms with van der Waals surface area (Å²) in [6.07, 6.45) is 0. The molecule has 1 aliphatic heterocycles. The maximum atomic E-state index is 11.6. The van der Waals surface area contributed by atoms with Crippen LogP contribution in [0.3, 0.4) is 0 Å². The Morgan fingerprint density at radius 3 is 3.18 bits per heavy atom. The molecule has 3 rings (SSSR count). The van der Waals surface area contributed by atoms with Crippen molar-refractivity contribution in [2.75, 3.05) is 6.61 Å². The van der Waals surface area contributed by atoms with Gasteiger partial charge in [-0.15, -0.1) is 11.3 Å². The number of hydrogen-bond donors (Lipinski definition) is 0. The third kappa shape index (κ3) is 1.77. The van der Waals surface area contributed by atoms with Crippen molar-refractivity contribution in [3.63, 3.8) is 0 Å². The third-order valence-corrected chi connectivity index (χ3v) is 3.62. The van der Waals surface area contributed by atoms with Gasteiger partial charge in [0.15, 0.2) is 5.75 Å². The van der Waals surface area contributed by atoms with Gasteiger partial charge in [0.1, 0.15) is 11.5 Å². The molecule has 0 atom stereocenters. The standard InChI is InChI=1S/C12H10O4S/c1-2-14-12(13)11-4-7-3-9-8(6-15-16-9)5-10(7)17-11/h3-5H,2,6H2,1H3. The van der Waals surface area contributed by atoms with E-state index < -0.39 is 0 Å². The fourth-order valence-electron chi connectivity index (χ4n) is 1.76. The van der Waals surface area contributed by atoms with Crippen molar-refractivity contribution in [2.45, 2.75) is 13.5 Å². The van der Waals surface area contributed by atoms with Crippen LogP contribution in [0.2, 0.25) is 0 Å². The van der Waals surface area contributed by atoms with Gasteiger partial charge in [0.2, 0.25) is 0 Å². The molecular weight excluding hydrogens is 240 g/mol. The highest BCUT2D eigenvalue weighted by Crippen LogP contribution is 2.35. The molecule has 88 valence electrons. The first-order valence-corrected chi connectivity index (χ1v) is 6.12. The second kappa shape index (κ2) is 4.01. The van der Waals surface area contributed by atoms with E-state index in [2.05, 4.69) is 0 Å². The van der Waals surface area contributed by atoms with Crippen molar-refractivity contribution in [3.05, 3.63) is 28.6 Å². The summed E-state index contributed by atoms with van der Waals surface area (Å²) in [6.45, 7) is 2.64. The molecule has 0 saturated carbocycles. The van der Waals surface area contributed by atoms with E-state index in [1.165, 1.54) is 11.3 Å². The van der Waals surface area contributed by atoms with E-state index in [1.54, 1.807) is 6.92 Å². The molecule has 2 heterocycles. The minimum absolute atomic E-state index is 0.272. The molecule has 1 aliphatic rings. The van der Waals surface area contributed by atoms with Gasteiger partial charge in [-0.3, -0.25) is 0 Å². The largest absolute Gasteiger partial charge is 0.462 e. The van der Waals surface area contributed by atoms with Crippen LogP contribution in [0.15, 0.2) is 18.2 Å². The second-order valence-corrected chi connectivity index (χ2v) is 4.76. The highest BCUT2D eigenvalue weighted by molar-refractivity contribution is 7.20. The zero-order chi connectivity index (χ0) is 11.8. The van der Waals surface area contributed by atoms with Crippen LogP contribution in [-0.4, -0.2) is 12.6 Å². The Balaban J connectivity index is 2.05. The molecule has 0 aliphatic carbocycles. The Labute approximate surface area is 102 Å². The summed E-state index contributed by atoms with van der Waals surface area (Å²) in [5.74, 6) is 0.455. The molecule has 5 heteroatoms. The van der Waals surface area contributed by atoms with Gasteiger partial charge in [-0.1, -0.05) is 0 Å². The fraction of sp³-hybridized carbons (Fsp3) is 0.250. The normalized spacial score (nSPS) is 13.5. The van der Waals surface area contributed by atoms with E-state index in [9.17, 15) is 4.79 Å². The predicted molar refractivity (Wildman–Crippen MR) is 63.2 cm³/mol. The van der Waals surface area contributed by atoms with Crippen molar-refractivity contribution in [1.82, 2.24) is 0 Å². The molecule has 4 nitrogen and oxygen atoms in total. The number of carbonyl (C=O) groups excluding carboxylic acids is 1. The summed E-state index contributed by atoms with van der Waals surface area (Å²) >= 11 is 1.43. The lowest BCUT2D eigenvalue weighted by Crippen LogP contribution is -2.01. The van der Waals surface area contributed by atoms with E-state index in [0.29, 0.717) is 18.1 Å². The molecule has 0 amide bonds. The summed E-state index contributed by atoms with van der Waals surface area (Å²) in [4.78, 5) is 22.1. The molecule has 1 aromatic heterocycles. The van der Waals surface area contributed by atoms with E-state index in [0.717, 1.165) is 21.4 Å². The second-order valence-electron chi connectivity index (χ2n) is 3.67. The molecule has 0 saturated heterocycles. The number of carbonyl (C=O) groups is 1. The van der Waals surface area contributed by atoms with E-state index in [-0.39, 0.29) is 5.97 Å². The molecule has 0 radical (unpaired) electrons. The SMILES string of the molecule is CCOC(=O)c1cc2cc3c(cc2s1)COO3. The van der Waals surface area contributed by atoms with Gasteiger partial charge >= 0.3 is 5.97 Å². The topological polar surface area (TPSA) is 44.8 Å². The zero-order valence-corrected chi connectivity index (χ0v) is 10.0. The third-order valence-electron chi connectivity index (χ3n) is 2.54. The smallest absolute Gasteiger partial charge is 0.348 e. The summed E-state index contributed by atoms with van der Waals surface area (Å²) in [5.41, 5.74) is 1.01. The van der Waals surface area contributed by atoms with Crippen LogP contribution >= 0.6 is 11.3 Å². The molecule has 0 spiro atoms. The Kier molecular flexibility index (Phi) is 2.49. The summed E-state index contributed by atoms with van der Waals surface area (Å²) in [5, 5.41) is 0.974. The average Bonchev–Trinajstić information content (AvgIpc) is 2.90. The summed E-state index contributed by atoms with van der Waals surface area (Å²) < 4.78 is 6.02. The van der Waals surface area contributed by atoms with Gasteiger partial charge < -0.3 is 9.62 Å². The number of esters is 1. The van der Waals surface area contributed by atoms with Crippen molar-refractivity contribution >= 4 is 27.4 Å². The van der Waals surface area contributed by atoms with Crippen LogP contribution in [0.4, 0.5) is 0 Å². The van der Waals surface area contributed by atoms with Crippen molar-refractivity contribution in [1.29, 1.82) is 0 Å². The lowest BCUT2D eigenvalue weighted by atomic mass is 10.1. The summed E-state index contributed by atoms with van der Waals surface area (Å²) in [7, 11) is 0. The first kappa shape index (κ1) is 10.6. The first-order chi connectivity index (χ1) is 8.28. The molecule has 0 fully saturated rings. The monoisotopic (exact) mass is 250 g/mol. The maximum Gasteiger partial charge on any atom is 0.348 e. The molecule has 0 N–H and O–H groups in total.